The number of aromatic nitrogens is 1. The second-order valence-corrected chi connectivity index (χ2v) is 5.21. The van der Waals surface area contributed by atoms with Gasteiger partial charge < -0.3 is 9.64 Å². The maximum atomic E-state index is 11.7. The second-order valence-electron chi connectivity index (χ2n) is 5.21. The number of nitrogens with zero attached hydrogens (tertiary/aromatic N) is 2. The smallest absolute Gasteiger partial charge is 0.410 e. The fourth-order valence-corrected chi connectivity index (χ4v) is 1.38. The van der Waals surface area contributed by atoms with Crippen molar-refractivity contribution >= 4 is 6.09 Å². The lowest BCUT2D eigenvalue weighted by Gasteiger charge is -2.24. The predicted octanol–water partition coefficient (Wildman–Crippen LogP) is 2.76. The molecule has 4 nitrogen and oxygen atoms in total. The molecule has 0 aliphatic carbocycles. The molecule has 1 aromatic heterocycles. The quantitative estimate of drug-likeness (QED) is 0.793. The molecule has 1 aromatic rings. The largest absolute Gasteiger partial charge is 0.444 e. The SMILES string of the molecule is Cc1cncc(CN(C)C(=O)OC(C)(C)C)c1. The van der Waals surface area contributed by atoms with Gasteiger partial charge in [-0.3, -0.25) is 4.98 Å². The third-order valence-corrected chi connectivity index (χ3v) is 2.06. The lowest BCUT2D eigenvalue weighted by molar-refractivity contribution is 0.0285. The molecule has 0 aromatic carbocycles. The number of aryl methyl sites for hydroxylation is 1. The topological polar surface area (TPSA) is 42.4 Å². The van der Waals surface area contributed by atoms with E-state index in [4.69, 9.17) is 4.74 Å². The Hall–Kier alpha value is -1.58. The Bertz CT molecular complexity index is 397. The van der Waals surface area contributed by atoms with Gasteiger partial charge in [0, 0.05) is 19.4 Å². The lowest BCUT2D eigenvalue weighted by atomic mass is 10.2. The molecule has 0 bridgehead atoms. The summed E-state index contributed by atoms with van der Waals surface area (Å²) in [6, 6.07) is 2.01. The van der Waals surface area contributed by atoms with Crippen molar-refractivity contribution in [3.8, 4) is 0 Å². The van der Waals surface area contributed by atoms with Crippen molar-refractivity contribution in [3.05, 3.63) is 29.6 Å². The Labute approximate surface area is 103 Å². The van der Waals surface area contributed by atoms with Crippen molar-refractivity contribution in [2.24, 2.45) is 0 Å². The summed E-state index contributed by atoms with van der Waals surface area (Å²) in [5.41, 5.74) is 1.62. The number of pyridine rings is 1. The van der Waals surface area contributed by atoms with Crippen LogP contribution in [0.15, 0.2) is 18.5 Å². The first-order valence-corrected chi connectivity index (χ1v) is 5.62. The first-order valence-electron chi connectivity index (χ1n) is 5.62. The van der Waals surface area contributed by atoms with E-state index in [9.17, 15) is 4.79 Å². The maximum Gasteiger partial charge on any atom is 0.410 e. The molecule has 0 spiro atoms. The van der Waals surface area contributed by atoms with Crippen molar-refractivity contribution in [1.82, 2.24) is 9.88 Å². The summed E-state index contributed by atoms with van der Waals surface area (Å²) in [6.07, 6.45) is 3.23. The van der Waals surface area contributed by atoms with Gasteiger partial charge in [0.25, 0.3) is 0 Å². The van der Waals surface area contributed by atoms with E-state index in [1.165, 1.54) is 0 Å². The fraction of sp³-hybridized carbons (Fsp3) is 0.538. The highest BCUT2D eigenvalue weighted by Gasteiger charge is 2.19. The first-order chi connectivity index (χ1) is 7.78. The molecular weight excluding hydrogens is 216 g/mol. The molecule has 0 aliphatic rings. The Morgan fingerprint density at radius 3 is 2.59 bits per heavy atom. The van der Waals surface area contributed by atoms with Gasteiger partial charge in [-0.25, -0.2) is 4.79 Å². The van der Waals surface area contributed by atoms with Gasteiger partial charge in [0.1, 0.15) is 5.60 Å². The molecule has 4 heteroatoms. The minimum atomic E-state index is -0.462. The molecule has 0 saturated heterocycles. The Balaban J connectivity index is 2.60. The van der Waals surface area contributed by atoms with E-state index in [0.717, 1.165) is 11.1 Å². The molecule has 1 heterocycles. The van der Waals surface area contributed by atoms with E-state index in [-0.39, 0.29) is 6.09 Å². The standard InChI is InChI=1S/C13H20N2O2/c1-10-6-11(8-14-7-10)9-15(5)12(16)17-13(2,3)4/h6-8H,9H2,1-5H3. The summed E-state index contributed by atoms with van der Waals surface area (Å²) in [5, 5.41) is 0. The van der Waals surface area contributed by atoms with Gasteiger partial charge in [-0.15, -0.1) is 0 Å². The maximum absolute atomic E-state index is 11.7. The van der Waals surface area contributed by atoms with Crippen LogP contribution in [0.25, 0.3) is 0 Å². The van der Waals surface area contributed by atoms with Crippen LogP contribution in [0.4, 0.5) is 4.79 Å². The van der Waals surface area contributed by atoms with Crippen LogP contribution in [-0.4, -0.2) is 28.6 Å². The normalized spacial score (nSPS) is 11.1. The molecule has 1 rings (SSSR count). The average molecular weight is 236 g/mol. The molecule has 94 valence electrons. The Morgan fingerprint density at radius 2 is 2.06 bits per heavy atom. The molecule has 0 atom stereocenters. The summed E-state index contributed by atoms with van der Waals surface area (Å²) < 4.78 is 5.27. The van der Waals surface area contributed by atoms with Gasteiger partial charge in [0.05, 0.1) is 6.54 Å². The molecule has 0 N–H and O–H groups in total. The monoisotopic (exact) mass is 236 g/mol. The Morgan fingerprint density at radius 1 is 1.41 bits per heavy atom. The summed E-state index contributed by atoms with van der Waals surface area (Å²) in [6.45, 7) is 8.04. The number of hydrogen-bond donors (Lipinski definition) is 0. The minimum absolute atomic E-state index is 0.320. The molecule has 1 amide bonds. The molecule has 17 heavy (non-hydrogen) atoms. The summed E-state index contributed by atoms with van der Waals surface area (Å²) in [5.74, 6) is 0. The summed E-state index contributed by atoms with van der Waals surface area (Å²) in [7, 11) is 1.72. The molecular formula is C13H20N2O2. The number of hydrogen-bond acceptors (Lipinski definition) is 3. The van der Waals surface area contributed by atoms with Crippen LogP contribution in [0.2, 0.25) is 0 Å². The highest BCUT2D eigenvalue weighted by molar-refractivity contribution is 5.67. The van der Waals surface area contributed by atoms with Gasteiger partial charge in [-0.2, -0.15) is 0 Å². The zero-order valence-corrected chi connectivity index (χ0v) is 11.2. The van der Waals surface area contributed by atoms with E-state index >= 15 is 0 Å². The number of carbonyl (C=O) groups is 1. The van der Waals surface area contributed by atoms with E-state index in [2.05, 4.69) is 4.98 Å². The van der Waals surface area contributed by atoms with Crippen LogP contribution in [-0.2, 0) is 11.3 Å². The van der Waals surface area contributed by atoms with Crippen molar-refractivity contribution in [2.75, 3.05) is 7.05 Å². The third kappa shape index (κ3) is 4.85. The van der Waals surface area contributed by atoms with Crippen molar-refractivity contribution in [2.45, 2.75) is 39.8 Å². The lowest BCUT2D eigenvalue weighted by Crippen LogP contribution is -2.33. The fourth-order valence-electron chi connectivity index (χ4n) is 1.38. The van der Waals surface area contributed by atoms with Crippen LogP contribution < -0.4 is 0 Å². The molecule has 0 unspecified atom stereocenters. The zero-order chi connectivity index (χ0) is 13.1. The predicted molar refractivity (Wildman–Crippen MR) is 66.7 cm³/mol. The van der Waals surface area contributed by atoms with E-state index < -0.39 is 5.60 Å². The van der Waals surface area contributed by atoms with E-state index in [1.807, 2.05) is 33.8 Å². The van der Waals surface area contributed by atoms with Crippen molar-refractivity contribution < 1.29 is 9.53 Å². The van der Waals surface area contributed by atoms with Crippen LogP contribution in [0.5, 0.6) is 0 Å². The van der Waals surface area contributed by atoms with Crippen LogP contribution >= 0.6 is 0 Å². The summed E-state index contributed by atoms with van der Waals surface area (Å²) in [4.78, 5) is 17.4. The van der Waals surface area contributed by atoms with Gasteiger partial charge >= 0.3 is 6.09 Å². The van der Waals surface area contributed by atoms with Crippen LogP contribution in [0.3, 0.4) is 0 Å². The average Bonchev–Trinajstić information content (AvgIpc) is 2.14. The molecule has 0 aliphatic heterocycles. The minimum Gasteiger partial charge on any atom is -0.444 e. The number of carbonyl (C=O) groups excluding carboxylic acids is 1. The van der Waals surface area contributed by atoms with Crippen molar-refractivity contribution in [3.63, 3.8) is 0 Å². The molecule has 0 radical (unpaired) electrons. The van der Waals surface area contributed by atoms with Crippen molar-refractivity contribution in [1.29, 1.82) is 0 Å². The highest BCUT2D eigenvalue weighted by atomic mass is 16.6. The van der Waals surface area contributed by atoms with Gasteiger partial charge in [0.2, 0.25) is 0 Å². The van der Waals surface area contributed by atoms with Crippen LogP contribution in [0.1, 0.15) is 31.9 Å². The number of ether oxygens (including phenoxy) is 1. The highest BCUT2D eigenvalue weighted by Crippen LogP contribution is 2.11. The number of rotatable bonds is 2. The van der Waals surface area contributed by atoms with E-state index in [1.54, 1.807) is 24.3 Å². The third-order valence-electron chi connectivity index (χ3n) is 2.06. The van der Waals surface area contributed by atoms with Crippen LogP contribution in [0, 0.1) is 6.92 Å². The first kappa shape index (κ1) is 13.5. The van der Waals surface area contributed by atoms with Gasteiger partial charge in [0.15, 0.2) is 0 Å². The molecule has 0 saturated carbocycles. The second kappa shape index (κ2) is 5.17. The number of amides is 1. The van der Waals surface area contributed by atoms with Gasteiger partial charge in [-0.05, 0) is 38.8 Å². The molecule has 0 fully saturated rings. The Kier molecular flexibility index (Phi) is 4.10. The van der Waals surface area contributed by atoms with Gasteiger partial charge in [-0.1, -0.05) is 6.07 Å². The zero-order valence-electron chi connectivity index (χ0n) is 11.2. The van der Waals surface area contributed by atoms with E-state index in [0.29, 0.717) is 6.54 Å². The summed E-state index contributed by atoms with van der Waals surface area (Å²) >= 11 is 0.